The van der Waals surface area contributed by atoms with Crippen LogP contribution >= 0.6 is 11.3 Å². The maximum atomic E-state index is 11.0. The Labute approximate surface area is 96.7 Å². The van der Waals surface area contributed by atoms with Gasteiger partial charge in [-0.1, -0.05) is 18.3 Å². The zero-order valence-corrected chi connectivity index (χ0v) is 10.0. The van der Waals surface area contributed by atoms with Crippen molar-refractivity contribution in [1.29, 1.82) is 0 Å². The highest BCUT2D eigenvalue weighted by Crippen LogP contribution is 2.13. The summed E-state index contributed by atoms with van der Waals surface area (Å²) in [6, 6.07) is 0. The van der Waals surface area contributed by atoms with Crippen molar-refractivity contribution in [2.75, 3.05) is 6.54 Å². The summed E-state index contributed by atoms with van der Waals surface area (Å²) in [7, 11) is 0. The molecular weight excluding hydrogens is 226 g/mol. The summed E-state index contributed by atoms with van der Waals surface area (Å²) < 4.78 is 1.72. The molecule has 6 nitrogen and oxygen atoms in total. The number of nitrogens with one attached hydrogen (secondary N) is 1. The van der Waals surface area contributed by atoms with Gasteiger partial charge in [-0.2, -0.15) is 9.61 Å². The van der Waals surface area contributed by atoms with Gasteiger partial charge in [-0.05, 0) is 6.92 Å². The number of carbonyl (C=O) groups is 1. The molecule has 16 heavy (non-hydrogen) atoms. The first-order valence-corrected chi connectivity index (χ1v) is 5.96. The average Bonchev–Trinajstić information content (AvgIpc) is 2.81. The van der Waals surface area contributed by atoms with Crippen LogP contribution in [0.25, 0.3) is 4.96 Å². The zero-order valence-electron chi connectivity index (χ0n) is 9.23. The number of amides is 1. The molecule has 0 aliphatic carbocycles. The summed E-state index contributed by atoms with van der Waals surface area (Å²) in [5, 5.41) is 16.0. The van der Waals surface area contributed by atoms with Crippen molar-refractivity contribution in [3.8, 4) is 0 Å². The molecule has 2 aromatic rings. The molecule has 2 rings (SSSR count). The molecule has 86 valence electrons. The van der Waals surface area contributed by atoms with Crippen LogP contribution < -0.4 is 5.32 Å². The number of hydrogen-bond acceptors (Lipinski definition) is 5. The van der Waals surface area contributed by atoms with Gasteiger partial charge in [0.2, 0.25) is 10.9 Å². The molecule has 0 fully saturated rings. The van der Waals surface area contributed by atoms with Gasteiger partial charge in [0.1, 0.15) is 5.01 Å². The Balaban J connectivity index is 1.97. The second kappa shape index (κ2) is 4.56. The fraction of sp³-hybridized carbons (Fsp3) is 0.556. The van der Waals surface area contributed by atoms with Crippen LogP contribution in [0.3, 0.4) is 0 Å². The molecule has 0 saturated heterocycles. The van der Waals surface area contributed by atoms with Crippen molar-refractivity contribution in [3.63, 3.8) is 0 Å². The van der Waals surface area contributed by atoms with E-state index >= 15 is 0 Å². The Morgan fingerprint density at radius 3 is 3.00 bits per heavy atom. The van der Waals surface area contributed by atoms with Gasteiger partial charge >= 0.3 is 0 Å². The third-order valence-electron chi connectivity index (χ3n) is 2.17. The SMILES string of the molecule is CCC(=O)NCCc1nn2c(C)nnc2s1. The molecule has 2 heterocycles. The Morgan fingerprint density at radius 1 is 1.50 bits per heavy atom. The van der Waals surface area contributed by atoms with Crippen LogP contribution in [0.5, 0.6) is 0 Å². The molecule has 0 saturated carbocycles. The fourth-order valence-corrected chi connectivity index (χ4v) is 2.17. The van der Waals surface area contributed by atoms with Gasteiger partial charge < -0.3 is 5.32 Å². The molecule has 0 aliphatic heterocycles. The van der Waals surface area contributed by atoms with Crippen molar-refractivity contribution in [3.05, 3.63) is 10.8 Å². The third-order valence-corrected chi connectivity index (χ3v) is 3.13. The Hall–Kier alpha value is -1.50. The van der Waals surface area contributed by atoms with Gasteiger partial charge in [-0.25, -0.2) is 0 Å². The van der Waals surface area contributed by atoms with Crippen molar-refractivity contribution >= 4 is 22.2 Å². The summed E-state index contributed by atoms with van der Waals surface area (Å²) in [6.45, 7) is 4.32. The summed E-state index contributed by atoms with van der Waals surface area (Å²) >= 11 is 1.50. The fourth-order valence-electron chi connectivity index (χ4n) is 1.29. The Morgan fingerprint density at radius 2 is 2.31 bits per heavy atom. The third kappa shape index (κ3) is 2.19. The molecule has 7 heteroatoms. The first kappa shape index (κ1) is 11.0. The van der Waals surface area contributed by atoms with Crippen molar-refractivity contribution < 1.29 is 4.79 Å². The molecule has 0 bridgehead atoms. The highest BCUT2D eigenvalue weighted by atomic mass is 32.1. The van der Waals surface area contributed by atoms with Crippen molar-refractivity contribution in [2.45, 2.75) is 26.7 Å². The molecule has 0 unspecified atom stereocenters. The summed E-state index contributed by atoms with van der Waals surface area (Å²) in [6.07, 6.45) is 1.25. The van der Waals surface area contributed by atoms with Crippen LogP contribution in [-0.4, -0.2) is 32.3 Å². The monoisotopic (exact) mass is 239 g/mol. The zero-order chi connectivity index (χ0) is 11.5. The Kier molecular flexibility index (Phi) is 3.14. The average molecular weight is 239 g/mol. The number of hydrogen-bond donors (Lipinski definition) is 1. The van der Waals surface area contributed by atoms with E-state index in [0.717, 1.165) is 22.2 Å². The van der Waals surface area contributed by atoms with Gasteiger partial charge in [0, 0.05) is 19.4 Å². The minimum absolute atomic E-state index is 0.0687. The molecule has 0 radical (unpaired) electrons. The van der Waals surface area contributed by atoms with E-state index < -0.39 is 0 Å². The maximum absolute atomic E-state index is 11.0. The molecule has 0 atom stereocenters. The number of carbonyl (C=O) groups excluding carboxylic acids is 1. The van der Waals surface area contributed by atoms with Crippen LogP contribution in [0, 0.1) is 6.92 Å². The molecule has 0 spiro atoms. The second-order valence-electron chi connectivity index (χ2n) is 3.39. The van der Waals surface area contributed by atoms with E-state index in [9.17, 15) is 4.79 Å². The number of aryl methyl sites for hydroxylation is 1. The van der Waals surface area contributed by atoms with Gasteiger partial charge in [-0.15, -0.1) is 10.2 Å². The highest BCUT2D eigenvalue weighted by molar-refractivity contribution is 7.16. The maximum Gasteiger partial charge on any atom is 0.234 e. The Bertz CT molecular complexity index is 503. The quantitative estimate of drug-likeness (QED) is 0.846. The van der Waals surface area contributed by atoms with Gasteiger partial charge in [-0.3, -0.25) is 4.79 Å². The number of fused-ring (bicyclic) bond motifs is 1. The summed E-state index contributed by atoms with van der Waals surface area (Å²) in [4.78, 5) is 11.8. The number of nitrogens with zero attached hydrogens (tertiary/aromatic N) is 4. The largest absolute Gasteiger partial charge is 0.356 e. The first-order valence-electron chi connectivity index (χ1n) is 5.15. The molecule has 1 N–H and O–H groups in total. The summed E-state index contributed by atoms with van der Waals surface area (Å²) in [5.41, 5.74) is 0. The minimum atomic E-state index is 0.0687. The van der Waals surface area contributed by atoms with Crippen molar-refractivity contribution in [1.82, 2.24) is 25.1 Å². The van der Waals surface area contributed by atoms with E-state index in [1.54, 1.807) is 4.52 Å². The molecule has 0 aromatic carbocycles. The topological polar surface area (TPSA) is 72.2 Å². The van der Waals surface area contributed by atoms with Crippen LogP contribution in [0.2, 0.25) is 0 Å². The van der Waals surface area contributed by atoms with Gasteiger partial charge in [0.05, 0.1) is 0 Å². The van der Waals surface area contributed by atoms with Gasteiger partial charge in [0.15, 0.2) is 5.82 Å². The van der Waals surface area contributed by atoms with Crippen molar-refractivity contribution in [2.24, 2.45) is 0 Å². The lowest BCUT2D eigenvalue weighted by Gasteiger charge is -1.99. The van der Waals surface area contributed by atoms with E-state index in [0.29, 0.717) is 13.0 Å². The normalized spacial score (nSPS) is 10.9. The molecular formula is C9H13N5OS. The number of aromatic nitrogens is 4. The van der Waals surface area contributed by atoms with E-state index in [1.165, 1.54) is 11.3 Å². The van der Waals surface area contributed by atoms with Crippen LogP contribution in [0.1, 0.15) is 24.2 Å². The van der Waals surface area contributed by atoms with E-state index in [2.05, 4.69) is 20.6 Å². The lowest BCUT2D eigenvalue weighted by molar-refractivity contribution is -0.120. The minimum Gasteiger partial charge on any atom is -0.356 e. The van der Waals surface area contributed by atoms with Crippen LogP contribution in [-0.2, 0) is 11.2 Å². The smallest absolute Gasteiger partial charge is 0.234 e. The van der Waals surface area contributed by atoms with Gasteiger partial charge in [0.25, 0.3) is 0 Å². The highest BCUT2D eigenvalue weighted by Gasteiger charge is 2.08. The lowest BCUT2D eigenvalue weighted by Crippen LogP contribution is -2.24. The molecule has 0 aliphatic rings. The first-order chi connectivity index (χ1) is 7.70. The molecule has 1 amide bonds. The lowest BCUT2D eigenvalue weighted by atomic mass is 10.4. The van der Waals surface area contributed by atoms with Crippen LogP contribution in [0.15, 0.2) is 0 Å². The predicted octanol–water partition coefficient (Wildman–Crippen LogP) is 0.563. The van der Waals surface area contributed by atoms with E-state index in [-0.39, 0.29) is 5.91 Å². The summed E-state index contributed by atoms with van der Waals surface area (Å²) in [5.74, 6) is 0.856. The second-order valence-corrected chi connectivity index (χ2v) is 4.43. The standard InChI is InChI=1S/C9H13N5OS/c1-3-7(15)10-5-4-8-13-14-6(2)11-12-9(14)16-8/h3-5H2,1-2H3,(H,10,15). The van der Waals surface area contributed by atoms with E-state index in [1.807, 2.05) is 13.8 Å². The van der Waals surface area contributed by atoms with Crippen LogP contribution in [0.4, 0.5) is 0 Å². The number of rotatable bonds is 4. The van der Waals surface area contributed by atoms with E-state index in [4.69, 9.17) is 0 Å². The predicted molar refractivity (Wildman–Crippen MR) is 60.4 cm³/mol. The molecule has 2 aromatic heterocycles.